The minimum Gasteiger partial charge on any atom is -0.511 e. The van der Waals surface area contributed by atoms with Crippen LogP contribution in [0.1, 0.15) is 43.4 Å². The Hall–Kier alpha value is -1.69. The van der Waals surface area contributed by atoms with Gasteiger partial charge in [0.2, 0.25) is 0 Å². The average molecular weight is 356 g/mol. The van der Waals surface area contributed by atoms with Crippen molar-refractivity contribution >= 4 is 5.57 Å². The molecule has 0 bridgehead atoms. The molecule has 3 rings (SSSR count). The topological polar surface area (TPSA) is 42.0 Å². The summed E-state index contributed by atoms with van der Waals surface area (Å²) in [5.41, 5.74) is 2.80. The average Bonchev–Trinajstić information content (AvgIpc) is 3.25. The van der Waals surface area contributed by atoms with Gasteiger partial charge in [0.05, 0.1) is 6.10 Å². The molecule has 0 radical (unpaired) electrons. The highest BCUT2D eigenvalue weighted by Crippen LogP contribution is 2.50. The molecular formula is C19H23F3O3. The summed E-state index contributed by atoms with van der Waals surface area (Å²) in [7, 11) is 0. The number of aryl methyl sites for hydroxylation is 2. The molecule has 2 unspecified atom stereocenters. The lowest BCUT2D eigenvalue weighted by Crippen LogP contribution is -2.19. The maximum absolute atomic E-state index is 12.4. The van der Waals surface area contributed by atoms with Gasteiger partial charge in [0.15, 0.2) is 6.61 Å². The molecule has 2 atom stereocenters. The molecule has 3 nitrogen and oxygen atoms in total. The van der Waals surface area contributed by atoms with Gasteiger partial charge in [-0.1, -0.05) is 13.8 Å². The minimum absolute atomic E-state index is 0.110. The fraction of sp³-hybridized carbons (Fsp3) is 0.579. The summed E-state index contributed by atoms with van der Waals surface area (Å²) in [4.78, 5) is 0. The van der Waals surface area contributed by atoms with Crippen LogP contribution in [0.2, 0.25) is 0 Å². The van der Waals surface area contributed by atoms with Crippen molar-refractivity contribution in [3.8, 4) is 5.75 Å². The van der Waals surface area contributed by atoms with E-state index < -0.39 is 12.8 Å². The summed E-state index contributed by atoms with van der Waals surface area (Å²) in [6.07, 6.45) is -2.69. The highest BCUT2D eigenvalue weighted by molar-refractivity contribution is 5.78. The Bertz CT molecular complexity index is 696. The molecule has 0 amide bonds. The second kappa shape index (κ2) is 5.94. The predicted octanol–water partition coefficient (Wildman–Crippen LogP) is 5.10. The van der Waals surface area contributed by atoms with Crippen molar-refractivity contribution in [1.82, 2.24) is 0 Å². The van der Waals surface area contributed by atoms with E-state index in [2.05, 4.69) is 0 Å². The molecule has 25 heavy (non-hydrogen) atoms. The number of hydrogen-bond donors (Lipinski definition) is 1. The maximum Gasteiger partial charge on any atom is 0.422 e. The van der Waals surface area contributed by atoms with E-state index in [0.717, 1.165) is 35.1 Å². The number of benzene rings is 1. The molecule has 1 aromatic carbocycles. The predicted molar refractivity (Wildman–Crippen MR) is 88.7 cm³/mol. The number of allylic oxidation sites excluding steroid dienone is 1. The van der Waals surface area contributed by atoms with Gasteiger partial charge in [0.1, 0.15) is 17.6 Å². The summed E-state index contributed by atoms with van der Waals surface area (Å²) >= 11 is 0. The fourth-order valence-electron chi connectivity index (χ4n) is 3.59. The molecule has 2 aliphatic rings. The van der Waals surface area contributed by atoms with E-state index in [1.807, 2.05) is 27.7 Å². The SMILES string of the molecule is Cc1cc(OCC(F)(F)F)cc(C)c1C1=C(O)C(C)(C)CCC2OC12. The fourth-order valence-corrected chi connectivity index (χ4v) is 3.59. The molecule has 1 N–H and O–H groups in total. The largest absolute Gasteiger partial charge is 0.511 e. The van der Waals surface area contributed by atoms with E-state index in [-0.39, 0.29) is 23.4 Å². The highest BCUT2D eigenvalue weighted by atomic mass is 19.4. The Balaban J connectivity index is 2.00. The van der Waals surface area contributed by atoms with E-state index in [4.69, 9.17) is 9.47 Å². The first-order valence-electron chi connectivity index (χ1n) is 8.40. The molecular weight excluding hydrogens is 333 g/mol. The minimum atomic E-state index is -4.37. The van der Waals surface area contributed by atoms with Crippen molar-refractivity contribution in [3.05, 3.63) is 34.6 Å². The highest BCUT2D eigenvalue weighted by Gasteiger charge is 2.49. The van der Waals surface area contributed by atoms with Crippen LogP contribution in [-0.4, -0.2) is 30.1 Å². The van der Waals surface area contributed by atoms with Crippen LogP contribution in [0.3, 0.4) is 0 Å². The van der Waals surface area contributed by atoms with Crippen LogP contribution in [0.25, 0.3) is 5.57 Å². The molecule has 1 aliphatic carbocycles. The van der Waals surface area contributed by atoms with Gasteiger partial charge >= 0.3 is 6.18 Å². The van der Waals surface area contributed by atoms with E-state index >= 15 is 0 Å². The van der Waals surface area contributed by atoms with E-state index in [9.17, 15) is 18.3 Å². The Morgan fingerprint density at radius 1 is 1.24 bits per heavy atom. The number of hydrogen-bond acceptors (Lipinski definition) is 3. The monoisotopic (exact) mass is 356 g/mol. The zero-order chi connectivity index (χ0) is 18.6. The van der Waals surface area contributed by atoms with Crippen molar-refractivity contribution in [2.24, 2.45) is 5.41 Å². The molecule has 1 aromatic rings. The number of epoxide rings is 1. The normalized spacial score (nSPS) is 25.4. The van der Waals surface area contributed by atoms with Gasteiger partial charge in [0, 0.05) is 11.0 Å². The van der Waals surface area contributed by atoms with Crippen molar-refractivity contribution < 1.29 is 27.8 Å². The summed E-state index contributed by atoms with van der Waals surface area (Å²) < 4.78 is 47.7. The zero-order valence-corrected chi connectivity index (χ0v) is 14.8. The van der Waals surface area contributed by atoms with Gasteiger partial charge in [-0.25, -0.2) is 0 Å². The second-order valence-corrected chi connectivity index (χ2v) is 7.62. The van der Waals surface area contributed by atoms with Crippen LogP contribution < -0.4 is 4.74 Å². The van der Waals surface area contributed by atoms with Gasteiger partial charge in [-0.2, -0.15) is 13.2 Å². The Morgan fingerprint density at radius 3 is 2.40 bits per heavy atom. The molecule has 1 fully saturated rings. The summed E-state index contributed by atoms with van der Waals surface area (Å²) in [5.74, 6) is 0.491. The lowest BCUT2D eigenvalue weighted by Gasteiger charge is -2.26. The third-order valence-electron chi connectivity index (χ3n) is 5.00. The number of aliphatic hydroxyl groups excluding tert-OH is 1. The van der Waals surface area contributed by atoms with Crippen LogP contribution in [0, 0.1) is 19.3 Å². The van der Waals surface area contributed by atoms with Crippen LogP contribution in [0.5, 0.6) is 5.75 Å². The third-order valence-corrected chi connectivity index (χ3v) is 5.00. The number of fused-ring (bicyclic) bond motifs is 1. The smallest absolute Gasteiger partial charge is 0.422 e. The van der Waals surface area contributed by atoms with Gasteiger partial charge in [-0.3, -0.25) is 0 Å². The molecule has 0 spiro atoms. The lowest BCUT2D eigenvalue weighted by molar-refractivity contribution is -0.153. The summed E-state index contributed by atoms with van der Waals surface area (Å²) in [6, 6.07) is 3.17. The van der Waals surface area contributed by atoms with Gasteiger partial charge in [-0.15, -0.1) is 0 Å². The van der Waals surface area contributed by atoms with Crippen molar-refractivity contribution in [2.45, 2.75) is 58.9 Å². The molecule has 6 heteroatoms. The van der Waals surface area contributed by atoms with Crippen molar-refractivity contribution in [1.29, 1.82) is 0 Å². The van der Waals surface area contributed by atoms with E-state index in [1.165, 1.54) is 0 Å². The Kier molecular flexibility index (Phi) is 4.30. The second-order valence-electron chi connectivity index (χ2n) is 7.62. The molecule has 1 aliphatic heterocycles. The van der Waals surface area contributed by atoms with E-state index in [0.29, 0.717) is 5.76 Å². The standard InChI is InChI=1S/C19H23F3O3/c1-10-7-12(24-9-19(20,21)22)8-11(2)14(10)15-16-13(25-16)5-6-18(3,4)17(15)23/h7-8,13,16,23H,5-6,9H2,1-4H3. The number of halogens is 3. The molecule has 0 saturated carbocycles. The van der Waals surface area contributed by atoms with Gasteiger partial charge in [-0.05, 0) is 55.5 Å². The first-order valence-corrected chi connectivity index (χ1v) is 8.40. The number of rotatable bonds is 3. The van der Waals surface area contributed by atoms with E-state index in [1.54, 1.807) is 12.1 Å². The lowest BCUT2D eigenvalue weighted by atomic mass is 9.82. The van der Waals surface area contributed by atoms with Crippen LogP contribution >= 0.6 is 0 Å². The Labute approximate surface area is 145 Å². The van der Waals surface area contributed by atoms with Crippen molar-refractivity contribution in [2.75, 3.05) is 6.61 Å². The summed E-state index contributed by atoms with van der Waals surface area (Å²) in [6.45, 7) is 6.31. The number of ether oxygens (including phenoxy) is 2. The molecule has 1 heterocycles. The maximum atomic E-state index is 12.4. The van der Waals surface area contributed by atoms with Gasteiger partial charge in [0.25, 0.3) is 0 Å². The van der Waals surface area contributed by atoms with Crippen LogP contribution in [0.15, 0.2) is 17.9 Å². The van der Waals surface area contributed by atoms with Crippen LogP contribution in [0.4, 0.5) is 13.2 Å². The van der Waals surface area contributed by atoms with Gasteiger partial charge < -0.3 is 14.6 Å². The third kappa shape index (κ3) is 3.64. The molecule has 138 valence electrons. The first kappa shape index (κ1) is 18.1. The Morgan fingerprint density at radius 2 is 1.84 bits per heavy atom. The van der Waals surface area contributed by atoms with Crippen LogP contribution in [-0.2, 0) is 4.74 Å². The summed E-state index contributed by atoms with van der Waals surface area (Å²) in [5, 5.41) is 10.9. The number of aliphatic hydroxyl groups is 1. The molecule has 1 saturated heterocycles. The quantitative estimate of drug-likeness (QED) is 0.766. The zero-order valence-electron chi connectivity index (χ0n) is 14.8. The van der Waals surface area contributed by atoms with Crippen molar-refractivity contribution in [3.63, 3.8) is 0 Å². The molecule has 0 aromatic heterocycles. The first-order chi connectivity index (χ1) is 11.5. The number of alkyl halides is 3.